The zero-order valence-corrected chi connectivity index (χ0v) is 19.5. The molecule has 11 heteroatoms. The second kappa shape index (κ2) is 10.2. The summed E-state index contributed by atoms with van der Waals surface area (Å²) in [6.07, 6.45) is 4.62. The Bertz CT molecular complexity index is 1120. The summed E-state index contributed by atoms with van der Waals surface area (Å²) in [5, 5.41) is 5.25. The molecule has 1 aliphatic carbocycles. The predicted molar refractivity (Wildman–Crippen MR) is 121 cm³/mol. The number of ketones is 1. The number of aryl methyl sites for hydroxylation is 1. The van der Waals surface area contributed by atoms with Gasteiger partial charge in [-0.2, -0.15) is 0 Å². The van der Waals surface area contributed by atoms with Crippen molar-refractivity contribution in [2.45, 2.75) is 43.2 Å². The van der Waals surface area contributed by atoms with Crippen molar-refractivity contribution in [3.05, 3.63) is 35.5 Å². The van der Waals surface area contributed by atoms with Crippen LogP contribution in [0.25, 0.3) is 0 Å². The van der Waals surface area contributed by atoms with Gasteiger partial charge in [-0.15, -0.1) is 0 Å². The van der Waals surface area contributed by atoms with Gasteiger partial charge in [0.2, 0.25) is 0 Å². The Balaban J connectivity index is 1.68. The van der Waals surface area contributed by atoms with Crippen LogP contribution in [0.1, 0.15) is 48.0 Å². The lowest BCUT2D eigenvalue weighted by molar-refractivity contribution is -0.140. The fourth-order valence-electron chi connectivity index (χ4n) is 3.51. The van der Waals surface area contributed by atoms with E-state index in [4.69, 9.17) is 0 Å². The molecule has 0 atom stereocenters. The minimum atomic E-state index is -3.73. The van der Waals surface area contributed by atoms with Crippen LogP contribution in [0.5, 0.6) is 0 Å². The number of aromatic nitrogens is 1. The van der Waals surface area contributed by atoms with Crippen molar-refractivity contribution < 1.29 is 27.5 Å². The van der Waals surface area contributed by atoms with E-state index >= 15 is 0 Å². The molecule has 0 aliphatic heterocycles. The van der Waals surface area contributed by atoms with E-state index in [1.807, 2.05) is 6.92 Å². The number of nitrogens with zero attached hydrogens (tertiary/aromatic N) is 1. The van der Waals surface area contributed by atoms with Crippen molar-refractivity contribution in [3.8, 4) is 0 Å². The molecule has 0 saturated heterocycles. The largest absolute Gasteiger partial charge is 0.469 e. The number of hydrogen-bond acceptors (Lipinski definition) is 8. The van der Waals surface area contributed by atoms with Crippen LogP contribution in [0.4, 0.5) is 15.6 Å². The molecule has 1 aromatic heterocycles. The number of amides is 2. The van der Waals surface area contributed by atoms with Crippen LogP contribution < -0.4 is 10.6 Å². The summed E-state index contributed by atoms with van der Waals surface area (Å²) < 4.78 is 29.0. The van der Waals surface area contributed by atoms with Crippen LogP contribution in [-0.2, 0) is 19.4 Å². The quantitative estimate of drug-likeness (QED) is 0.435. The molecule has 1 aromatic carbocycles. The van der Waals surface area contributed by atoms with Crippen LogP contribution >= 0.6 is 11.3 Å². The third kappa shape index (κ3) is 5.92. The van der Waals surface area contributed by atoms with Gasteiger partial charge in [0.15, 0.2) is 20.8 Å². The summed E-state index contributed by atoms with van der Waals surface area (Å²) >= 11 is 0.781. The van der Waals surface area contributed by atoms with E-state index in [0.717, 1.165) is 48.8 Å². The second-order valence-electron chi connectivity index (χ2n) is 7.60. The fraction of sp³-hybridized carbons (Fsp3) is 0.429. The first-order valence-corrected chi connectivity index (χ1v) is 12.6. The topological polar surface area (TPSA) is 132 Å². The van der Waals surface area contributed by atoms with Crippen molar-refractivity contribution in [1.82, 2.24) is 4.98 Å². The first kappa shape index (κ1) is 23.9. The van der Waals surface area contributed by atoms with Crippen LogP contribution in [0.2, 0.25) is 0 Å². The lowest BCUT2D eigenvalue weighted by Gasteiger charge is -2.14. The highest BCUT2D eigenvalue weighted by atomic mass is 32.2. The highest BCUT2D eigenvalue weighted by Gasteiger charge is 2.26. The Labute approximate surface area is 190 Å². The highest BCUT2D eigenvalue weighted by molar-refractivity contribution is 7.93. The zero-order valence-electron chi connectivity index (χ0n) is 17.8. The summed E-state index contributed by atoms with van der Waals surface area (Å²) in [6.45, 7) is 1.88. The predicted octanol–water partition coefficient (Wildman–Crippen LogP) is 3.81. The maximum absolute atomic E-state index is 12.9. The van der Waals surface area contributed by atoms with E-state index in [-0.39, 0.29) is 27.5 Å². The van der Waals surface area contributed by atoms with E-state index in [1.54, 1.807) is 18.2 Å². The number of benzene rings is 1. The molecule has 0 radical (unpaired) electrons. The molecule has 1 aliphatic rings. The minimum Gasteiger partial charge on any atom is -0.469 e. The average Bonchev–Trinajstić information content (AvgIpc) is 3.45. The summed E-state index contributed by atoms with van der Waals surface area (Å²) in [6, 6.07) is 4.62. The first-order chi connectivity index (χ1) is 15.2. The molecule has 3 rings (SSSR count). The zero-order chi connectivity index (χ0) is 23.3. The number of carbonyl (C=O) groups is 3. The molecule has 2 amide bonds. The molecule has 2 N–H and O–H groups in total. The Kier molecular flexibility index (Phi) is 7.62. The van der Waals surface area contributed by atoms with Gasteiger partial charge < -0.3 is 10.1 Å². The molecule has 0 spiro atoms. The van der Waals surface area contributed by atoms with Crippen molar-refractivity contribution in [2.75, 3.05) is 23.5 Å². The summed E-state index contributed by atoms with van der Waals surface area (Å²) in [5.74, 6) is -1.05. The van der Waals surface area contributed by atoms with Crippen LogP contribution in [-0.4, -0.2) is 44.0 Å². The molecule has 172 valence electrons. The number of urea groups is 1. The van der Waals surface area contributed by atoms with Crippen molar-refractivity contribution in [1.29, 1.82) is 0 Å². The molecule has 1 saturated carbocycles. The lowest BCUT2D eigenvalue weighted by atomic mass is 9.94. The summed E-state index contributed by atoms with van der Waals surface area (Å²) in [4.78, 5) is 40.6. The maximum atomic E-state index is 12.9. The van der Waals surface area contributed by atoms with Gasteiger partial charge in [0.1, 0.15) is 4.21 Å². The normalized spacial score (nSPS) is 14.2. The van der Waals surface area contributed by atoms with Crippen molar-refractivity contribution in [2.24, 2.45) is 5.92 Å². The maximum Gasteiger partial charge on any atom is 0.325 e. The molecule has 1 heterocycles. The van der Waals surface area contributed by atoms with Gasteiger partial charge in [-0.05, 0) is 31.9 Å². The van der Waals surface area contributed by atoms with E-state index in [9.17, 15) is 22.8 Å². The Hall–Kier alpha value is -2.79. The Morgan fingerprint density at radius 1 is 1.19 bits per heavy atom. The van der Waals surface area contributed by atoms with Gasteiger partial charge in [-0.3, -0.25) is 14.9 Å². The number of nitrogens with one attached hydrogen (secondary N) is 2. The summed E-state index contributed by atoms with van der Waals surface area (Å²) in [7, 11) is -2.55. The standard InChI is InChI=1S/C21H25N3O6S2/c1-13-7-8-16(15(11-13)19(26)14-5-3-4-6-14)23-20(27)24-21-22-12-18(31-21)32(28,29)10-9-17(25)30-2/h7-8,11-12,14H,3-6,9-10H2,1-2H3,(H2,22,23,24,27). The number of carbonyl (C=O) groups excluding carboxylic acids is 3. The highest BCUT2D eigenvalue weighted by Crippen LogP contribution is 2.31. The van der Waals surface area contributed by atoms with E-state index < -0.39 is 27.6 Å². The second-order valence-corrected chi connectivity index (χ2v) is 11.0. The first-order valence-electron chi connectivity index (χ1n) is 10.2. The molecule has 9 nitrogen and oxygen atoms in total. The number of methoxy groups -OCH3 is 1. The third-order valence-corrected chi connectivity index (χ3v) is 8.41. The number of thiazole rings is 1. The monoisotopic (exact) mass is 479 g/mol. The average molecular weight is 480 g/mol. The molecule has 32 heavy (non-hydrogen) atoms. The molecule has 0 bridgehead atoms. The Morgan fingerprint density at radius 2 is 1.91 bits per heavy atom. The Morgan fingerprint density at radius 3 is 2.59 bits per heavy atom. The lowest BCUT2D eigenvalue weighted by Crippen LogP contribution is -2.22. The van der Waals surface area contributed by atoms with Gasteiger partial charge >= 0.3 is 12.0 Å². The van der Waals surface area contributed by atoms with Crippen LogP contribution in [0, 0.1) is 12.8 Å². The fourth-order valence-corrected chi connectivity index (χ4v) is 5.90. The summed E-state index contributed by atoms with van der Waals surface area (Å²) in [5.41, 5.74) is 1.78. The van der Waals surface area contributed by atoms with Gasteiger partial charge in [0.25, 0.3) is 0 Å². The van der Waals surface area contributed by atoms with Gasteiger partial charge in [-0.25, -0.2) is 18.2 Å². The molecule has 1 fully saturated rings. The number of rotatable bonds is 8. The minimum absolute atomic E-state index is 0.0229. The number of anilines is 2. The van der Waals surface area contributed by atoms with Crippen LogP contribution in [0.3, 0.4) is 0 Å². The third-order valence-electron chi connectivity index (χ3n) is 5.23. The van der Waals surface area contributed by atoms with Gasteiger partial charge in [-0.1, -0.05) is 35.8 Å². The number of Topliss-reactive ketones (excluding diaryl/α,β-unsaturated/α-hetero) is 1. The van der Waals surface area contributed by atoms with E-state index in [2.05, 4.69) is 20.4 Å². The van der Waals surface area contributed by atoms with Crippen molar-refractivity contribution in [3.63, 3.8) is 0 Å². The van der Waals surface area contributed by atoms with Crippen molar-refractivity contribution >= 4 is 49.8 Å². The smallest absolute Gasteiger partial charge is 0.325 e. The SMILES string of the molecule is COC(=O)CCS(=O)(=O)c1cnc(NC(=O)Nc2ccc(C)cc2C(=O)C2CCCC2)s1. The molecular formula is C21H25N3O6S2. The number of ether oxygens (including phenoxy) is 1. The van der Waals surface area contributed by atoms with E-state index in [1.165, 1.54) is 7.11 Å². The molecule has 2 aromatic rings. The number of sulfone groups is 1. The van der Waals surface area contributed by atoms with Gasteiger partial charge in [0, 0.05) is 11.5 Å². The van der Waals surface area contributed by atoms with Gasteiger partial charge in [0.05, 0.1) is 31.2 Å². The van der Waals surface area contributed by atoms with Crippen LogP contribution in [0.15, 0.2) is 28.6 Å². The number of esters is 1. The molecular weight excluding hydrogens is 454 g/mol. The molecule has 0 unspecified atom stereocenters. The number of hydrogen-bond donors (Lipinski definition) is 2. The van der Waals surface area contributed by atoms with E-state index in [0.29, 0.717) is 11.3 Å².